The van der Waals surface area contributed by atoms with Crippen LogP contribution in [0.3, 0.4) is 0 Å². The molecule has 1 amide bonds. The van der Waals surface area contributed by atoms with Gasteiger partial charge in [-0.05, 0) is 44.9 Å². The number of hydrogen-bond donors (Lipinski definition) is 2. The van der Waals surface area contributed by atoms with Gasteiger partial charge in [0.05, 0.1) is 39.9 Å². The Balaban J connectivity index is 4.30. The van der Waals surface area contributed by atoms with Gasteiger partial charge in [0.1, 0.15) is 13.2 Å². The van der Waals surface area contributed by atoms with Gasteiger partial charge in [-0.2, -0.15) is 0 Å². The number of amides is 1. The highest BCUT2D eigenvalue weighted by molar-refractivity contribution is 7.45. The third kappa shape index (κ3) is 50.4. The maximum absolute atomic E-state index is 12.9. The first kappa shape index (κ1) is 63.7. The van der Waals surface area contributed by atoms with E-state index in [4.69, 9.17) is 9.05 Å². The second kappa shape index (κ2) is 47.8. The van der Waals surface area contributed by atoms with E-state index in [1.165, 1.54) is 199 Å². The van der Waals surface area contributed by atoms with Crippen LogP contribution in [0, 0.1) is 0 Å². The number of rotatable bonds is 51. The summed E-state index contributed by atoms with van der Waals surface area (Å²) in [6, 6.07) is -0.907. The predicted octanol–water partition coefficient (Wildman–Crippen LogP) is 16.0. The van der Waals surface area contributed by atoms with Crippen LogP contribution in [-0.2, 0) is 18.4 Å². The molecule has 0 saturated carbocycles. The minimum Gasteiger partial charge on any atom is -0.756 e. The van der Waals surface area contributed by atoms with Crippen LogP contribution in [0.4, 0.5) is 0 Å². The second-order valence-electron chi connectivity index (χ2n) is 20.3. The number of likely N-dealkylation sites (N-methyl/N-ethyl adjacent to an activating group) is 1. The monoisotopic (exact) mass is 937 g/mol. The summed E-state index contributed by atoms with van der Waals surface area (Å²) in [5.74, 6) is -0.207. The molecule has 0 heterocycles. The number of phosphoric ester groups is 1. The summed E-state index contributed by atoms with van der Waals surface area (Å²) in [7, 11) is 1.24. The van der Waals surface area contributed by atoms with Gasteiger partial charge in [0.2, 0.25) is 5.91 Å². The van der Waals surface area contributed by atoms with Crippen molar-refractivity contribution in [1.82, 2.24) is 5.32 Å². The lowest BCUT2D eigenvalue weighted by Crippen LogP contribution is -2.45. The Morgan fingerprint density at radius 2 is 0.862 bits per heavy atom. The van der Waals surface area contributed by atoms with Crippen LogP contribution in [0.2, 0.25) is 0 Å². The fourth-order valence-electron chi connectivity index (χ4n) is 8.19. The van der Waals surface area contributed by atoms with Crippen molar-refractivity contribution in [2.24, 2.45) is 0 Å². The van der Waals surface area contributed by atoms with Crippen LogP contribution < -0.4 is 10.2 Å². The van der Waals surface area contributed by atoms with E-state index in [9.17, 15) is 19.4 Å². The van der Waals surface area contributed by atoms with E-state index < -0.39 is 26.6 Å². The Bertz CT molecular complexity index is 1150. The molecule has 3 unspecified atom stereocenters. The molecular formula is C56H109N2O6P. The number of aliphatic hydroxyl groups excluding tert-OH is 1. The van der Waals surface area contributed by atoms with Crippen LogP contribution in [0.15, 0.2) is 36.5 Å². The molecule has 0 saturated heterocycles. The van der Waals surface area contributed by atoms with Gasteiger partial charge in [-0.25, -0.2) is 0 Å². The number of carbonyl (C=O) groups excluding carboxylic acids is 1. The van der Waals surface area contributed by atoms with E-state index in [1.54, 1.807) is 6.08 Å². The lowest BCUT2D eigenvalue weighted by molar-refractivity contribution is -0.870. The SMILES string of the molecule is CCCCCCCCCCCCCCCCC/C=C/CC/C=C/CC/C=C/C(O)C(COP(=O)([O-])OCC[N+](C)(C)C)NC(=O)CCCCCCCCCCCCCCCCCCCC. The molecule has 0 radical (unpaired) electrons. The van der Waals surface area contributed by atoms with Gasteiger partial charge < -0.3 is 28.8 Å². The summed E-state index contributed by atoms with van der Waals surface area (Å²) in [6.07, 6.45) is 60.8. The summed E-state index contributed by atoms with van der Waals surface area (Å²) in [5, 5.41) is 13.8. The topological polar surface area (TPSA) is 108 Å². The molecule has 2 N–H and O–H groups in total. The number of carbonyl (C=O) groups is 1. The Hall–Kier alpha value is -1.28. The van der Waals surface area contributed by atoms with Gasteiger partial charge >= 0.3 is 0 Å². The Morgan fingerprint density at radius 3 is 1.25 bits per heavy atom. The zero-order chi connectivity index (χ0) is 47.8. The molecule has 0 aliphatic heterocycles. The van der Waals surface area contributed by atoms with Crippen molar-refractivity contribution in [1.29, 1.82) is 0 Å². The lowest BCUT2D eigenvalue weighted by atomic mass is 10.0. The summed E-state index contributed by atoms with van der Waals surface area (Å²) in [5.41, 5.74) is 0. The number of hydrogen-bond acceptors (Lipinski definition) is 6. The second-order valence-corrected chi connectivity index (χ2v) is 21.7. The lowest BCUT2D eigenvalue weighted by Gasteiger charge is -2.29. The van der Waals surface area contributed by atoms with Gasteiger partial charge in [-0.15, -0.1) is 0 Å². The molecule has 65 heavy (non-hydrogen) atoms. The molecule has 0 spiro atoms. The predicted molar refractivity (Wildman–Crippen MR) is 279 cm³/mol. The van der Waals surface area contributed by atoms with Gasteiger partial charge in [0, 0.05) is 6.42 Å². The third-order valence-corrected chi connectivity index (χ3v) is 13.5. The minimum atomic E-state index is -4.60. The first-order valence-electron chi connectivity index (χ1n) is 27.9. The smallest absolute Gasteiger partial charge is 0.268 e. The number of nitrogens with zero attached hydrogens (tertiary/aromatic N) is 1. The van der Waals surface area contributed by atoms with E-state index in [2.05, 4.69) is 43.5 Å². The Morgan fingerprint density at radius 1 is 0.523 bits per heavy atom. The molecule has 384 valence electrons. The molecule has 0 aliphatic carbocycles. The fourth-order valence-corrected chi connectivity index (χ4v) is 8.91. The van der Waals surface area contributed by atoms with Gasteiger partial charge in [-0.1, -0.05) is 249 Å². The normalized spacial score (nSPS) is 14.3. The number of unbranched alkanes of at least 4 members (excludes halogenated alkanes) is 34. The Kier molecular flexibility index (Phi) is 46.8. The maximum Gasteiger partial charge on any atom is 0.268 e. The van der Waals surface area contributed by atoms with Crippen molar-refractivity contribution >= 4 is 13.7 Å². The highest BCUT2D eigenvalue weighted by atomic mass is 31.2. The molecule has 0 aliphatic rings. The molecule has 0 aromatic carbocycles. The maximum atomic E-state index is 12.9. The van der Waals surface area contributed by atoms with Crippen molar-refractivity contribution in [2.75, 3.05) is 40.9 Å². The van der Waals surface area contributed by atoms with Gasteiger partial charge in [0.15, 0.2) is 0 Å². The van der Waals surface area contributed by atoms with Crippen molar-refractivity contribution in [2.45, 2.75) is 276 Å². The first-order valence-corrected chi connectivity index (χ1v) is 29.3. The molecule has 0 aromatic heterocycles. The average Bonchev–Trinajstić information content (AvgIpc) is 3.26. The van der Waals surface area contributed by atoms with Crippen molar-refractivity contribution in [3.8, 4) is 0 Å². The zero-order valence-corrected chi connectivity index (χ0v) is 44.6. The number of nitrogens with one attached hydrogen (secondary N) is 1. The van der Waals surface area contributed by atoms with Crippen LogP contribution in [-0.4, -0.2) is 68.5 Å². The van der Waals surface area contributed by atoms with E-state index in [1.807, 2.05) is 27.2 Å². The van der Waals surface area contributed by atoms with Gasteiger partial charge in [-0.3, -0.25) is 9.36 Å². The highest BCUT2D eigenvalue weighted by Gasteiger charge is 2.23. The third-order valence-electron chi connectivity index (χ3n) is 12.6. The zero-order valence-electron chi connectivity index (χ0n) is 43.7. The number of quaternary nitrogens is 1. The Labute approximate surface area is 404 Å². The van der Waals surface area contributed by atoms with Crippen molar-refractivity contribution in [3.63, 3.8) is 0 Å². The summed E-state index contributed by atoms with van der Waals surface area (Å²) in [4.78, 5) is 25.4. The summed E-state index contributed by atoms with van der Waals surface area (Å²) >= 11 is 0. The quantitative estimate of drug-likeness (QED) is 0.0272. The minimum absolute atomic E-state index is 0.00745. The van der Waals surface area contributed by atoms with Crippen molar-refractivity contribution in [3.05, 3.63) is 36.5 Å². The standard InChI is InChI=1S/C56H109N2O6P/c1-6-8-10-12-14-16-18-20-22-24-26-27-28-29-30-31-32-33-35-37-39-41-43-45-47-49-55(59)54(53-64-65(61,62)63-52-51-58(3,4)5)57-56(60)50-48-46-44-42-40-38-36-34-25-23-21-19-17-15-13-11-9-7-2/h32-33,39,41,47,49,54-55,59H,6-31,34-38,40,42-46,48,50-53H2,1-5H3,(H-,57,60,61,62)/b33-32+,41-39+,49-47+. The van der Waals surface area contributed by atoms with Crippen LogP contribution in [0.5, 0.6) is 0 Å². The van der Waals surface area contributed by atoms with E-state index in [-0.39, 0.29) is 12.5 Å². The molecule has 0 rings (SSSR count). The molecule has 0 bridgehead atoms. The molecule has 9 heteroatoms. The first-order chi connectivity index (χ1) is 31.5. The molecular weight excluding hydrogens is 828 g/mol. The van der Waals surface area contributed by atoms with Gasteiger partial charge in [0.25, 0.3) is 7.82 Å². The fraction of sp³-hybridized carbons (Fsp3) is 0.875. The van der Waals surface area contributed by atoms with Crippen LogP contribution in [0.25, 0.3) is 0 Å². The average molecular weight is 937 g/mol. The highest BCUT2D eigenvalue weighted by Crippen LogP contribution is 2.38. The molecule has 0 aromatic rings. The number of aliphatic hydroxyl groups is 1. The van der Waals surface area contributed by atoms with Crippen LogP contribution >= 0.6 is 7.82 Å². The molecule has 0 fully saturated rings. The summed E-state index contributed by atoms with van der Waals surface area (Å²) < 4.78 is 23.3. The van der Waals surface area contributed by atoms with Crippen molar-refractivity contribution < 1.29 is 32.9 Å². The number of phosphoric acid groups is 1. The molecule has 8 nitrogen and oxygen atoms in total. The van der Waals surface area contributed by atoms with E-state index in [0.717, 1.165) is 44.9 Å². The van der Waals surface area contributed by atoms with Crippen LogP contribution in [0.1, 0.15) is 264 Å². The van der Waals surface area contributed by atoms with E-state index in [0.29, 0.717) is 17.4 Å². The summed E-state index contributed by atoms with van der Waals surface area (Å²) in [6.45, 7) is 4.65. The number of allylic oxidation sites excluding steroid dienone is 5. The largest absolute Gasteiger partial charge is 0.756 e. The molecule has 3 atom stereocenters. The van der Waals surface area contributed by atoms with E-state index >= 15 is 0 Å².